The van der Waals surface area contributed by atoms with E-state index in [9.17, 15) is 0 Å². The van der Waals surface area contributed by atoms with Crippen molar-refractivity contribution in [2.45, 2.75) is 13.0 Å². The van der Waals surface area contributed by atoms with Crippen LogP contribution in [0.1, 0.15) is 6.92 Å². The normalized spacial score (nSPS) is 18.6. The SMILES string of the molecule is CC1CN(c2ncccc2Cl)CCN1c1cc(-c2ccc3ccccc3c2)nc(N2CCOCC2)n1. The number of aromatic nitrogens is 3. The number of ether oxygens (including phenoxy) is 1. The molecule has 8 heteroatoms. The molecule has 0 aliphatic carbocycles. The summed E-state index contributed by atoms with van der Waals surface area (Å²) in [7, 11) is 0. The van der Waals surface area contributed by atoms with Crippen LogP contribution in [0.3, 0.4) is 0 Å². The molecule has 1 atom stereocenters. The number of anilines is 3. The molecule has 2 aromatic heterocycles. The van der Waals surface area contributed by atoms with Crippen molar-refractivity contribution in [2.75, 3.05) is 60.6 Å². The maximum atomic E-state index is 6.44. The molecule has 4 aromatic rings. The fourth-order valence-electron chi connectivity index (χ4n) is 5.07. The third-order valence-corrected chi connectivity index (χ3v) is 7.30. The van der Waals surface area contributed by atoms with Crippen LogP contribution >= 0.6 is 11.6 Å². The molecular formula is C28H29ClN6O. The predicted molar refractivity (Wildman–Crippen MR) is 146 cm³/mol. The number of hydrogen-bond acceptors (Lipinski definition) is 7. The molecule has 0 amide bonds. The lowest BCUT2D eigenvalue weighted by Gasteiger charge is -2.41. The quantitative estimate of drug-likeness (QED) is 0.395. The molecule has 184 valence electrons. The van der Waals surface area contributed by atoms with Gasteiger partial charge in [-0.05, 0) is 35.9 Å². The summed E-state index contributed by atoms with van der Waals surface area (Å²) in [5, 5.41) is 3.12. The number of fused-ring (bicyclic) bond motifs is 1. The zero-order valence-corrected chi connectivity index (χ0v) is 21.1. The minimum Gasteiger partial charge on any atom is -0.378 e. The van der Waals surface area contributed by atoms with Gasteiger partial charge in [0.15, 0.2) is 0 Å². The summed E-state index contributed by atoms with van der Waals surface area (Å²) >= 11 is 6.44. The van der Waals surface area contributed by atoms with Crippen LogP contribution in [-0.4, -0.2) is 66.9 Å². The molecule has 0 bridgehead atoms. The molecule has 6 rings (SSSR count). The molecule has 2 aliphatic heterocycles. The zero-order valence-electron chi connectivity index (χ0n) is 20.3. The second-order valence-corrected chi connectivity index (χ2v) is 9.78. The van der Waals surface area contributed by atoms with E-state index in [0.29, 0.717) is 18.2 Å². The molecular weight excluding hydrogens is 472 g/mol. The van der Waals surface area contributed by atoms with Gasteiger partial charge in [-0.3, -0.25) is 0 Å². The molecule has 0 spiro atoms. The van der Waals surface area contributed by atoms with Gasteiger partial charge in [-0.1, -0.05) is 48.0 Å². The van der Waals surface area contributed by atoms with Crippen molar-refractivity contribution in [3.63, 3.8) is 0 Å². The largest absolute Gasteiger partial charge is 0.378 e. The Kier molecular flexibility index (Phi) is 6.34. The summed E-state index contributed by atoms with van der Waals surface area (Å²) in [6.07, 6.45) is 1.80. The number of hydrogen-bond donors (Lipinski definition) is 0. The van der Waals surface area contributed by atoms with E-state index in [0.717, 1.165) is 61.6 Å². The monoisotopic (exact) mass is 500 g/mol. The highest BCUT2D eigenvalue weighted by Crippen LogP contribution is 2.31. The smallest absolute Gasteiger partial charge is 0.228 e. The Hall–Kier alpha value is -3.42. The molecule has 36 heavy (non-hydrogen) atoms. The molecule has 0 saturated carbocycles. The van der Waals surface area contributed by atoms with Gasteiger partial charge in [-0.15, -0.1) is 0 Å². The maximum Gasteiger partial charge on any atom is 0.228 e. The van der Waals surface area contributed by atoms with Crippen molar-refractivity contribution < 1.29 is 4.74 Å². The summed E-state index contributed by atoms with van der Waals surface area (Å²) in [4.78, 5) is 21.5. The number of nitrogens with zero attached hydrogens (tertiary/aromatic N) is 6. The van der Waals surface area contributed by atoms with Crippen LogP contribution in [0.4, 0.5) is 17.6 Å². The van der Waals surface area contributed by atoms with Crippen LogP contribution in [0.25, 0.3) is 22.0 Å². The Morgan fingerprint density at radius 3 is 2.50 bits per heavy atom. The third-order valence-electron chi connectivity index (χ3n) is 7.00. The highest BCUT2D eigenvalue weighted by Gasteiger charge is 2.28. The Bertz CT molecular complexity index is 1380. The van der Waals surface area contributed by atoms with E-state index in [1.54, 1.807) is 6.20 Å². The van der Waals surface area contributed by atoms with Gasteiger partial charge in [-0.25, -0.2) is 9.97 Å². The molecule has 0 N–H and O–H groups in total. The Morgan fingerprint density at radius 2 is 1.69 bits per heavy atom. The topological polar surface area (TPSA) is 57.6 Å². The van der Waals surface area contributed by atoms with E-state index in [1.165, 1.54) is 10.8 Å². The van der Waals surface area contributed by atoms with Gasteiger partial charge in [0.2, 0.25) is 5.95 Å². The van der Waals surface area contributed by atoms with Crippen LogP contribution in [0, 0.1) is 0 Å². The minimum atomic E-state index is 0.230. The van der Waals surface area contributed by atoms with Crippen LogP contribution in [0.15, 0.2) is 66.9 Å². The number of piperazine rings is 1. The summed E-state index contributed by atoms with van der Waals surface area (Å²) in [6.45, 7) is 7.67. The second-order valence-electron chi connectivity index (χ2n) is 9.37. The van der Waals surface area contributed by atoms with Gasteiger partial charge in [0, 0.05) is 56.6 Å². The standard InChI is InChI=1S/C28H29ClN6O/c1-20-19-34(27-24(29)7-4-10-30-27)11-12-35(20)26-18-25(31-28(32-26)33-13-15-36-16-14-33)23-9-8-21-5-2-3-6-22(21)17-23/h2-10,17-18,20H,11-16,19H2,1H3. The lowest BCUT2D eigenvalue weighted by atomic mass is 10.0. The first-order valence-electron chi connectivity index (χ1n) is 12.5. The lowest BCUT2D eigenvalue weighted by molar-refractivity contribution is 0.122. The van der Waals surface area contributed by atoms with Gasteiger partial charge in [-0.2, -0.15) is 4.98 Å². The molecule has 2 fully saturated rings. The highest BCUT2D eigenvalue weighted by atomic mass is 35.5. The van der Waals surface area contributed by atoms with Crippen molar-refractivity contribution in [2.24, 2.45) is 0 Å². The van der Waals surface area contributed by atoms with Crippen LogP contribution in [-0.2, 0) is 4.74 Å². The van der Waals surface area contributed by atoms with Crippen LogP contribution in [0.2, 0.25) is 5.02 Å². The average Bonchev–Trinajstić information content (AvgIpc) is 2.93. The van der Waals surface area contributed by atoms with Gasteiger partial charge in [0.05, 0.1) is 23.9 Å². The van der Waals surface area contributed by atoms with E-state index in [-0.39, 0.29) is 6.04 Å². The van der Waals surface area contributed by atoms with Gasteiger partial charge in [0.1, 0.15) is 11.6 Å². The number of pyridine rings is 1. The van der Waals surface area contributed by atoms with E-state index < -0.39 is 0 Å². The van der Waals surface area contributed by atoms with Gasteiger partial charge >= 0.3 is 0 Å². The van der Waals surface area contributed by atoms with E-state index in [1.807, 2.05) is 12.1 Å². The van der Waals surface area contributed by atoms with Gasteiger partial charge < -0.3 is 19.4 Å². The molecule has 0 radical (unpaired) electrons. The Balaban J connectivity index is 1.35. The van der Waals surface area contributed by atoms with Crippen LogP contribution in [0.5, 0.6) is 0 Å². The average molecular weight is 501 g/mol. The second kappa shape index (κ2) is 9.91. The van der Waals surface area contributed by atoms with Crippen molar-refractivity contribution >= 4 is 40.0 Å². The number of rotatable bonds is 4. The zero-order chi connectivity index (χ0) is 24.5. The molecule has 2 aromatic carbocycles. The fourth-order valence-corrected chi connectivity index (χ4v) is 5.31. The van der Waals surface area contributed by atoms with Crippen LogP contribution < -0.4 is 14.7 Å². The Morgan fingerprint density at radius 1 is 0.861 bits per heavy atom. The number of morpholine rings is 1. The molecule has 4 heterocycles. The summed E-state index contributed by atoms with van der Waals surface area (Å²) < 4.78 is 5.58. The summed E-state index contributed by atoms with van der Waals surface area (Å²) in [6, 6.07) is 21.1. The first-order chi connectivity index (χ1) is 17.7. The highest BCUT2D eigenvalue weighted by molar-refractivity contribution is 6.32. The van der Waals surface area contributed by atoms with E-state index >= 15 is 0 Å². The van der Waals surface area contributed by atoms with E-state index in [4.69, 9.17) is 26.3 Å². The first kappa shape index (κ1) is 23.0. The third kappa shape index (κ3) is 4.56. The van der Waals surface area contributed by atoms with Gasteiger partial charge in [0.25, 0.3) is 0 Å². The lowest BCUT2D eigenvalue weighted by Crippen LogP contribution is -2.53. The minimum absolute atomic E-state index is 0.230. The van der Waals surface area contributed by atoms with Crippen molar-refractivity contribution in [3.05, 3.63) is 71.9 Å². The Labute approximate surface area is 216 Å². The van der Waals surface area contributed by atoms with E-state index in [2.05, 4.69) is 75.1 Å². The summed E-state index contributed by atoms with van der Waals surface area (Å²) in [5.41, 5.74) is 2.04. The summed E-state index contributed by atoms with van der Waals surface area (Å²) in [5.74, 6) is 2.56. The van der Waals surface area contributed by atoms with Crippen molar-refractivity contribution in [1.82, 2.24) is 15.0 Å². The predicted octanol–water partition coefficient (Wildman–Crippen LogP) is 4.90. The molecule has 7 nitrogen and oxygen atoms in total. The maximum absolute atomic E-state index is 6.44. The first-order valence-corrected chi connectivity index (χ1v) is 12.9. The fraction of sp³-hybridized carbons (Fsp3) is 0.321. The number of halogens is 1. The molecule has 1 unspecified atom stereocenters. The molecule has 2 aliphatic rings. The number of benzene rings is 2. The van der Waals surface area contributed by atoms with Crippen molar-refractivity contribution in [3.8, 4) is 11.3 Å². The molecule has 2 saturated heterocycles. The van der Waals surface area contributed by atoms with Crippen molar-refractivity contribution in [1.29, 1.82) is 0 Å².